The topological polar surface area (TPSA) is 52.0 Å². The summed E-state index contributed by atoms with van der Waals surface area (Å²) < 4.78 is 7.64. The minimum Gasteiger partial charge on any atom is -0.376 e. The van der Waals surface area contributed by atoms with Crippen LogP contribution in [0, 0.1) is 0 Å². The van der Waals surface area contributed by atoms with Gasteiger partial charge in [0.25, 0.3) is 0 Å². The van der Waals surface area contributed by atoms with Gasteiger partial charge in [0.1, 0.15) is 18.0 Å². The first-order valence-corrected chi connectivity index (χ1v) is 7.65. The summed E-state index contributed by atoms with van der Waals surface area (Å²) in [4.78, 5) is 9.10. The van der Waals surface area contributed by atoms with Crippen LogP contribution in [0.15, 0.2) is 48.8 Å². The van der Waals surface area contributed by atoms with Crippen LogP contribution in [0.1, 0.15) is 12.8 Å². The second-order valence-electron chi connectivity index (χ2n) is 5.50. The van der Waals surface area contributed by atoms with E-state index < -0.39 is 0 Å². The summed E-state index contributed by atoms with van der Waals surface area (Å²) in [5.74, 6) is 1.73. The van der Waals surface area contributed by atoms with Crippen LogP contribution < -0.4 is 5.32 Å². The number of imidazole rings is 1. The summed E-state index contributed by atoms with van der Waals surface area (Å²) in [7, 11) is 0. The number of anilines is 1. The first-order chi connectivity index (χ1) is 10.9. The number of rotatable bonds is 4. The molecule has 0 bridgehead atoms. The Labute approximate surface area is 129 Å². The van der Waals surface area contributed by atoms with E-state index in [0.29, 0.717) is 6.10 Å². The van der Waals surface area contributed by atoms with E-state index in [1.54, 1.807) is 0 Å². The molecule has 0 amide bonds. The third-order valence-corrected chi connectivity index (χ3v) is 3.97. The van der Waals surface area contributed by atoms with Crippen LogP contribution in [0.5, 0.6) is 0 Å². The molecule has 4 rings (SSSR count). The first kappa shape index (κ1) is 13.3. The van der Waals surface area contributed by atoms with Crippen molar-refractivity contribution in [3.8, 4) is 5.82 Å². The van der Waals surface area contributed by atoms with Crippen molar-refractivity contribution in [2.75, 3.05) is 18.5 Å². The fourth-order valence-corrected chi connectivity index (χ4v) is 2.82. The van der Waals surface area contributed by atoms with Gasteiger partial charge in [0, 0.05) is 13.2 Å². The normalized spacial score (nSPS) is 17.9. The molecule has 1 unspecified atom stereocenters. The van der Waals surface area contributed by atoms with E-state index >= 15 is 0 Å². The number of nitrogens with zero attached hydrogens (tertiary/aromatic N) is 3. The third-order valence-electron chi connectivity index (χ3n) is 3.97. The molecule has 1 aliphatic rings. The quantitative estimate of drug-likeness (QED) is 0.803. The molecule has 1 fully saturated rings. The van der Waals surface area contributed by atoms with E-state index in [9.17, 15) is 0 Å². The molecule has 0 radical (unpaired) electrons. The molecule has 3 heterocycles. The summed E-state index contributed by atoms with van der Waals surface area (Å²) in [5.41, 5.74) is 2.04. The number of hydrogen-bond donors (Lipinski definition) is 1. The molecule has 0 spiro atoms. The van der Waals surface area contributed by atoms with Crippen molar-refractivity contribution in [3.63, 3.8) is 0 Å². The van der Waals surface area contributed by atoms with Crippen LogP contribution in [-0.4, -0.2) is 33.8 Å². The van der Waals surface area contributed by atoms with Crippen molar-refractivity contribution in [2.24, 2.45) is 0 Å². The van der Waals surface area contributed by atoms with E-state index in [2.05, 4.69) is 21.4 Å². The lowest BCUT2D eigenvalue weighted by atomic mass is 10.2. The van der Waals surface area contributed by atoms with Gasteiger partial charge in [-0.05, 0) is 37.1 Å². The van der Waals surface area contributed by atoms with Gasteiger partial charge in [-0.3, -0.25) is 4.57 Å². The molecule has 112 valence electrons. The van der Waals surface area contributed by atoms with E-state index in [1.807, 2.05) is 47.3 Å². The van der Waals surface area contributed by atoms with Crippen molar-refractivity contribution < 1.29 is 4.74 Å². The zero-order chi connectivity index (χ0) is 14.8. The van der Waals surface area contributed by atoms with E-state index in [0.717, 1.165) is 48.7 Å². The second-order valence-corrected chi connectivity index (χ2v) is 5.50. The monoisotopic (exact) mass is 294 g/mol. The number of hydrogen-bond acceptors (Lipinski definition) is 4. The average molecular weight is 294 g/mol. The number of nitrogens with one attached hydrogen (secondary N) is 1. The van der Waals surface area contributed by atoms with E-state index in [4.69, 9.17) is 4.74 Å². The van der Waals surface area contributed by atoms with Crippen LogP contribution in [-0.2, 0) is 4.74 Å². The van der Waals surface area contributed by atoms with Crippen molar-refractivity contribution in [1.29, 1.82) is 0 Å². The largest absolute Gasteiger partial charge is 0.376 e. The van der Waals surface area contributed by atoms with E-state index in [-0.39, 0.29) is 0 Å². The second kappa shape index (κ2) is 5.77. The Kier molecular flexibility index (Phi) is 3.48. The Balaban J connectivity index is 1.58. The fraction of sp³-hybridized carbons (Fsp3) is 0.294. The highest BCUT2D eigenvalue weighted by molar-refractivity contribution is 5.76. The molecule has 22 heavy (non-hydrogen) atoms. The van der Waals surface area contributed by atoms with Gasteiger partial charge in [0.2, 0.25) is 0 Å². The molecule has 3 aromatic rings. The average Bonchev–Trinajstić information content (AvgIpc) is 3.23. The molecule has 0 aliphatic carbocycles. The molecule has 5 nitrogen and oxygen atoms in total. The lowest BCUT2D eigenvalue weighted by Gasteiger charge is -2.12. The minimum absolute atomic E-state index is 0.305. The predicted molar refractivity (Wildman–Crippen MR) is 86.3 cm³/mol. The number of para-hydroxylation sites is 2. The Hall–Kier alpha value is -2.40. The molecule has 0 saturated carbocycles. The zero-order valence-corrected chi connectivity index (χ0v) is 12.3. The van der Waals surface area contributed by atoms with Gasteiger partial charge in [-0.25, -0.2) is 9.97 Å². The minimum atomic E-state index is 0.305. The number of fused-ring (bicyclic) bond motifs is 1. The molecule has 5 heteroatoms. The van der Waals surface area contributed by atoms with Crippen molar-refractivity contribution in [3.05, 3.63) is 48.8 Å². The molecule has 1 N–H and O–H groups in total. The molecule has 1 saturated heterocycles. The van der Waals surface area contributed by atoms with Gasteiger partial charge in [-0.2, -0.15) is 0 Å². The molecular weight excluding hydrogens is 276 g/mol. The summed E-state index contributed by atoms with van der Waals surface area (Å²) in [5, 5.41) is 3.37. The molecule has 2 aromatic heterocycles. The molecule has 1 aliphatic heterocycles. The van der Waals surface area contributed by atoms with Crippen LogP contribution in [0.2, 0.25) is 0 Å². The molecule has 1 aromatic carbocycles. The van der Waals surface area contributed by atoms with Crippen LogP contribution in [0.4, 0.5) is 5.82 Å². The molecule has 1 atom stereocenters. The lowest BCUT2D eigenvalue weighted by molar-refractivity contribution is 0.120. The maximum Gasteiger partial charge on any atom is 0.140 e. The standard InChI is InChI=1S/C17H18N4O/c1-2-7-15-14(6-1)19-12-21(15)17-9-3-8-16(20-17)18-11-13-5-4-10-22-13/h1-3,6-9,12-13H,4-5,10-11H2,(H,18,20). The highest BCUT2D eigenvalue weighted by Crippen LogP contribution is 2.18. The highest BCUT2D eigenvalue weighted by atomic mass is 16.5. The summed E-state index contributed by atoms with van der Waals surface area (Å²) >= 11 is 0. The van der Waals surface area contributed by atoms with Gasteiger partial charge in [-0.1, -0.05) is 18.2 Å². The summed E-state index contributed by atoms with van der Waals surface area (Å²) in [6.45, 7) is 1.68. The third kappa shape index (κ3) is 2.55. The number of pyridine rings is 1. The smallest absolute Gasteiger partial charge is 0.140 e. The molecular formula is C17H18N4O. The Morgan fingerprint density at radius 2 is 2.14 bits per heavy atom. The van der Waals surface area contributed by atoms with Gasteiger partial charge >= 0.3 is 0 Å². The SMILES string of the molecule is c1cc(NCC2CCCO2)nc(-n2cnc3ccccc32)c1. The van der Waals surface area contributed by atoms with Crippen molar-refractivity contribution in [1.82, 2.24) is 14.5 Å². The van der Waals surface area contributed by atoms with Crippen LogP contribution >= 0.6 is 0 Å². The number of benzene rings is 1. The van der Waals surface area contributed by atoms with Crippen LogP contribution in [0.25, 0.3) is 16.9 Å². The Bertz CT molecular complexity index is 777. The summed E-state index contributed by atoms with van der Waals surface area (Å²) in [6.07, 6.45) is 4.40. The van der Waals surface area contributed by atoms with Crippen LogP contribution in [0.3, 0.4) is 0 Å². The Morgan fingerprint density at radius 3 is 3.05 bits per heavy atom. The van der Waals surface area contributed by atoms with Crippen molar-refractivity contribution in [2.45, 2.75) is 18.9 Å². The van der Waals surface area contributed by atoms with Gasteiger partial charge in [0.05, 0.1) is 17.1 Å². The highest BCUT2D eigenvalue weighted by Gasteiger charge is 2.15. The predicted octanol–water partition coefficient (Wildman–Crippen LogP) is 3.01. The first-order valence-electron chi connectivity index (χ1n) is 7.65. The van der Waals surface area contributed by atoms with Crippen molar-refractivity contribution >= 4 is 16.9 Å². The summed E-state index contributed by atoms with van der Waals surface area (Å²) in [6, 6.07) is 14.0. The zero-order valence-electron chi connectivity index (χ0n) is 12.3. The van der Waals surface area contributed by atoms with Gasteiger partial charge in [0.15, 0.2) is 0 Å². The fourth-order valence-electron chi connectivity index (χ4n) is 2.82. The maximum absolute atomic E-state index is 5.63. The number of aromatic nitrogens is 3. The lowest BCUT2D eigenvalue weighted by Crippen LogP contribution is -2.19. The number of ether oxygens (including phenoxy) is 1. The van der Waals surface area contributed by atoms with E-state index in [1.165, 1.54) is 0 Å². The Morgan fingerprint density at radius 1 is 1.18 bits per heavy atom. The van der Waals surface area contributed by atoms with Gasteiger partial charge in [-0.15, -0.1) is 0 Å². The van der Waals surface area contributed by atoms with Gasteiger partial charge < -0.3 is 10.1 Å². The maximum atomic E-state index is 5.63.